The first-order valence-electron chi connectivity index (χ1n) is 13.0. The number of piperazine rings is 1. The zero-order valence-electron chi connectivity index (χ0n) is 23.3. The Balaban J connectivity index is 1.84. The molecule has 11 nitrogen and oxygen atoms in total. The van der Waals surface area contributed by atoms with Gasteiger partial charge in [0.25, 0.3) is 10.0 Å². The van der Waals surface area contributed by atoms with Crippen molar-refractivity contribution < 1.29 is 22.0 Å². The van der Waals surface area contributed by atoms with E-state index in [0.717, 1.165) is 21.0 Å². The van der Waals surface area contributed by atoms with E-state index in [-0.39, 0.29) is 64.7 Å². The van der Waals surface area contributed by atoms with Crippen molar-refractivity contribution in [2.45, 2.75) is 18.0 Å². The Morgan fingerprint density at radius 2 is 1.88 bits per heavy atom. The number of carbonyl (C=O) groups is 1. The number of hydrogen-bond donors (Lipinski definition) is 0. The van der Waals surface area contributed by atoms with Gasteiger partial charge in [0, 0.05) is 46.0 Å². The minimum atomic E-state index is -4.19. The van der Waals surface area contributed by atoms with Crippen LogP contribution in [0.1, 0.15) is 6.92 Å². The van der Waals surface area contributed by atoms with Gasteiger partial charge >= 0.3 is 5.69 Å². The molecule has 0 saturated carbocycles. The summed E-state index contributed by atoms with van der Waals surface area (Å²) in [6, 6.07) is 7.27. The number of nitrogens with zero attached hydrogens (tertiary/aromatic N) is 7. The molecule has 0 bridgehead atoms. The van der Waals surface area contributed by atoms with Crippen molar-refractivity contribution in [1.29, 1.82) is 0 Å². The summed E-state index contributed by atoms with van der Waals surface area (Å²) < 4.78 is 59.0. The molecule has 1 amide bonds. The van der Waals surface area contributed by atoms with E-state index in [0.29, 0.717) is 0 Å². The molecular formula is C28H26ClF2N7O4S. The predicted octanol–water partition coefficient (Wildman–Crippen LogP) is 3.25. The topological polar surface area (TPSA) is 122 Å². The zero-order valence-corrected chi connectivity index (χ0v) is 24.9. The van der Waals surface area contributed by atoms with Gasteiger partial charge in [-0.1, -0.05) is 24.2 Å². The molecule has 4 aromatic rings. The summed E-state index contributed by atoms with van der Waals surface area (Å²) >= 11 is 6.25. The first-order chi connectivity index (χ1) is 20.4. The Morgan fingerprint density at radius 3 is 2.53 bits per heavy atom. The minimum Gasteiger partial charge on any atom is -0.350 e. The second kappa shape index (κ2) is 11.4. The quantitative estimate of drug-likeness (QED) is 0.298. The van der Waals surface area contributed by atoms with Crippen LogP contribution < -0.4 is 10.6 Å². The smallest absolute Gasteiger partial charge is 0.350 e. The van der Waals surface area contributed by atoms with Crippen molar-refractivity contribution in [3.8, 4) is 16.9 Å². The van der Waals surface area contributed by atoms with E-state index in [2.05, 4.69) is 21.5 Å². The molecule has 0 aliphatic carbocycles. The molecule has 224 valence electrons. The number of anilines is 1. The van der Waals surface area contributed by atoms with Gasteiger partial charge in [-0.2, -0.15) is 4.98 Å². The van der Waals surface area contributed by atoms with Crippen molar-refractivity contribution in [3.05, 3.63) is 82.4 Å². The zero-order chi connectivity index (χ0) is 31.2. The largest absolute Gasteiger partial charge is 0.355 e. The Morgan fingerprint density at radius 1 is 1.14 bits per heavy atom. The van der Waals surface area contributed by atoms with Crippen LogP contribution in [0.15, 0.2) is 65.1 Å². The molecule has 0 unspecified atom stereocenters. The summed E-state index contributed by atoms with van der Waals surface area (Å²) in [5, 5.41) is -0.553. The second-order valence-electron chi connectivity index (χ2n) is 9.99. The van der Waals surface area contributed by atoms with Crippen molar-refractivity contribution in [2.75, 3.05) is 38.6 Å². The third-order valence-electron chi connectivity index (χ3n) is 7.10. The fourth-order valence-corrected chi connectivity index (χ4v) is 6.18. The molecule has 1 fully saturated rings. The number of fused-ring (bicyclic) bond motifs is 1. The lowest BCUT2D eigenvalue weighted by Gasteiger charge is -2.40. The molecule has 0 spiro atoms. The molecule has 0 radical (unpaired) electrons. The van der Waals surface area contributed by atoms with Crippen LogP contribution >= 0.6 is 11.6 Å². The SMILES string of the molecule is C=CC(=O)N1CCN(c2nc(=O)n(-c3cccnc3S(=O)(=O)N(C)C)c3nc(-c4c(F)cccc4Cl)c(F)cc23)[C@@H](C)C1. The highest BCUT2D eigenvalue weighted by Crippen LogP contribution is 2.35. The predicted molar refractivity (Wildman–Crippen MR) is 158 cm³/mol. The maximum atomic E-state index is 15.8. The van der Waals surface area contributed by atoms with Gasteiger partial charge in [0.2, 0.25) is 5.91 Å². The van der Waals surface area contributed by atoms with Gasteiger partial charge in [-0.3, -0.25) is 4.79 Å². The van der Waals surface area contributed by atoms with Crippen LogP contribution in [0.2, 0.25) is 5.02 Å². The number of pyridine rings is 2. The molecule has 1 aromatic carbocycles. The Labute approximate surface area is 250 Å². The maximum Gasteiger partial charge on any atom is 0.355 e. The average molecular weight is 630 g/mol. The van der Waals surface area contributed by atoms with Crippen LogP contribution in [0.4, 0.5) is 14.6 Å². The van der Waals surface area contributed by atoms with Crippen LogP contribution in [-0.2, 0) is 14.8 Å². The van der Waals surface area contributed by atoms with E-state index in [9.17, 15) is 22.4 Å². The highest BCUT2D eigenvalue weighted by atomic mass is 35.5. The summed E-state index contributed by atoms with van der Waals surface area (Å²) in [5.41, 5.74) is -2.16. The third kappa shape index (κ3) is 5.26. The number of sulfonamides is 1. The summed E-state index contributed by atoms with van der Waals surface area (Å²) in [5.74, 6) is -2.00. The van der Waals surface area contributed by atoms with Crippen molar-refractivity contribution in [2.24, 2.45) is 0 Å². The van der Waals surface area contributed by atoms with Gasteiger partial charge in [0.1, 0.15) is 17.3 Å². The fourth-order valence-electron chi connectivity index (χ4n) is 4.97. The summed E-state index contributed by atoms with van der Waals surface area (Å²) in [7, 11) is -1.57. The molecule has 5 rings (SSSR count). The fraction of sp³-hybridized carbons (Fsp3) is 0.250. The van der Waals surface area contributed by atoms with Crippen LogP contribution in [0.5, 0.6) is 0 Å². The molecule has 1 saturated heterocycles. The summed E-state index contributed by atoms with van der Waals surface area (Å²) in [4.78, 5) is 42.0. The number of benzene rings is 1. The molecule has 15 heteroatoms. The van der Waals surface area contributed by atoms with E-state index in [1.165, 1.54) is 50.6 Å². The van der Waals surface area contributed by atoms with Gasteiger partial charge < -0.3 is 9.80 Å². The Hall–Kier alpha value is -4.27. The molecule has 0 N–H and O–H groups in total. The maximum absolute atomic E-state index is 15.8. The van der Waals surface area contributed by atoms with Crippen molar-refractivity contribution >= 4 is 44.4 Å². The van der Waals surface area contributed by atoms with Crippen LogP contribution in [0.3, 0.4) is 0 Å². The highest BCUT2D eigenvalue weighted by Gasteiger charge is 2.32. The molecule has 1 atom stereocenters. The molecular weight excluding hydrogens is 604 g/mol. The number of amides is 1. The number of hydrogen-bond acceptors (Lipinski definition) is 8. The first kappa shape index (κ1) is 30.2. The molecule has 43 heavy (non-hydrogen) atoms. The van der Waals surface area contributed by atoms with Crippen molar-refractivity contribution in [1.82, 2.24) is 28.7 Å². The number of rotatable bonds is 6. The normalized spacial score (nSPS) is 15.7. The monoisotopic (exact) mass is 629 g/mol. The van der Waals surface area contributed by atoms with Crippen LogP contribution in [-0.4, -0.2) is 82.8 Å². The Bertz CT molecular complexity index is 1930. The molecule has 3 aromatic heterocycles. The number of halogens is 3. The molecule has 1 aliphatic heterocycles. The van der Waals surface area contributed by atoms with E-state index >= 15 is 4.39 Å². The third-order valence-corrected chi connectivity index (χ3v) is 9.18. The van der Waals surface area contributed by atoms with E-state index in [4.69, 9.17) is 11.6 Å². The summed E-state index contributed by atoms with van der Waals surface area (Å²) in [6.07, 6.45) is 2.46. The standard InChI is InChI=1S/C28H26ClF2N7O4S/c1-5-22(39)36-12-13-37(16(2)15-36)25-17-14-20(31)24(23-18(29)8-6-9-19(23)30)33-26(17)38(28(40)34-25)21-10-7-11-32-27(21)43(41,42)35(3)4/h5-11,14,16H,1,12-13,15H2,2-4H3/t16-/m0/s1. The van der Waals surface area contributed by atoms with E-state index in [1.54, 1.807) is 9.80 Å². The molecule has 4 heterocycles. The number of aromatic nitrogens is 4. The number of carbonyl (C=O) groups excluding carboxylic acids is 1. The first-order valence-corrected chi connectivity index (χ1v) is 14.8. The van der Waals surface area contributed by atoms with E-state index in [1.807, 2.05) is 6.92 Å². The summed E-state index contributed by atoms with van der Waals surface area (Å²) in [6.45, 7) is 6.11. The van der Waals surface area contributed by atoms with Gasteiger partial charge in [-0.25, -0.2) is 40.8 Å². The Kier molecular flexibility index (Phi) is 8.03. The van der Waals surface area contributed by atoms with Gasteiger partial charge in [-0.05, 0) is 43.3 Å². The second-order valence-corrected chi connectivity index (χ2v) is 12.5. The van der Waals surface area contributed by atoms with Gasteiger partial charge in [0.15, 0.2) is 16.5 Å². The molecule has 1 aliphatic rings. The highest BCUT2D eigenvalue weighted by molar-refractivity contribution is 7.89. The lowest BCUT2D eigenvalue weighted by atomic mass is 10.1. The van der Waals surface area contributed by atoms with Crippen molar-refractivity contribution in [3.63, 3.8) is 0 Å². The van der Waals surface area contributed by atoms with Crippen LogP contribution in [0, 0.1) is 11.6 Å². The minimum absolute atomic E-state index is 0.0423. The lowest BCUT2D eigenvalue weighted by Crippen LogP contribution is -2.54. The van der Waals surface area contributed by atoms with Gasteiger partial charge in [0.05, 0.1) is 21.7 Å². The lowest BCUT2D eigenvalue weighted by molar-refractivity contribution is -0.126. The average Bonchev–Trinajstić information content (AvgIpc) is 2.96. The van der Waals surface area contributed by atoms with Gasteiger partial charge in [-0.15, -0.1) is 0 Å². The van der Waals surface area contributed by atoms with E-state index < -0.39 is 38.1 Å². The van der Waals surface area contributed by atoms with Crippen LogP contribution in [0.25, 0.3) is 28.0 Å².